The zero-order valence-electron chi connectivity index (χ0n) is 13.7. The second kappa shape index (κ2) is 6.18. The number of thiophene rings is 1. The first-order valence-electron chi connectivity index (χ1n) is 8.37. The second-order valence-electron chi connectivity index (χ2n) is 6.62. The number of amides is 2. The number of hydrogen-bond donors (Lipinski definition) is 2. The third-order valence-corrected chi connectivity index (χ3v) is 5.64. The lowest BCUT2D eigenvalue weighted by atomic mass is 9.93. The van der Waals surface area contributed by atoms with Crippen molar-refractivity contribution >= 4 is 23.2 Å². The molecule has 1 fully saturated rings. The van der Waals surface area contributed by atoms with Gasteiger partial charge < -0.3 is 10.1 Å². The van der Waals surface area contributed by atoms with E-state index in [9.17, 15) is 4.79 Å². The van der Waals surface area contributed by atoms with Crippen LogP contribution in [0.3, 0.4) is 0 Å². The molecule has 1 atom stereocenters. The van der Waals surface area contributed by atoms with Crippen molar-refractivity contribution in [2.75, 3.05) is 18.5 Å². The van der Waals surface area contributed by atoms with Crippen LogP contribution in [0.25, 0.3) is 0 Å². The average Bonchev–Trinajstić information content (AvgIpc) is 3.31. The van der Waals surface area contributed by atoms with Gasteiger partial charge >= 0.3 is 6.03 Å². The number of carbonyl (C=O) groups is 1. The van der Waals surface area contributed by atoms with E-state index >= 15 is 0 Å². The van der Waals surface area contributed by atoms with Crippen molar-refractivity contribution in [2.45, 2.75) is 37.7 Å². The third-order valence-electron chi connectivity index (χ3n) is 4.66. The van der Waals surface area contributed by atoms with Crippen LogP contribution < -0.4 is 10.6 Å². The van der Waals surface area contributed by atoms with Crippen molar-refractivity contribution in [1.82, 2.24) is 10.3 Å². The van der Waals surface area contributed by atoms with Gasteiger partial charge in [-0.2, -0.15) is 0 Å². The molecule has 1 saturated carbocycles. The number of fused-ring (bicyclic) bond motifs is 1. The van der Waals surface area contributed by atoms with Crippen molar-refractivity contribution in [2.24, 2.45) is 0 Å². The monoisotopic (exact) mass is 343 g/mol. The Morgan fingerprint density at radius 3 is 3.12 bits per heavy atom. The first-order valence-corrected chi connectivity index (χ1v) is 9.25. The summed E-state index contributed by atoms with van der Waals surface area (Å²) < 4.78 is 5.96. The van der Waals surface area contributed by atoms with Gasteiger partial charge in [-0.25, -0.2) is 9.78 Å². The van der Waals surface area contributed by atoms with Gasteiger partial charge in [0.1, 0.15) is 11.4 Å². The Hall–Kier alpha value is -1.92. The van der Waals surface area contributed by atoms with Crippen molar-refractivity contribution in [1.29, 1.82) is 0 Å². The van der Waals surface area contributed by atoms with Crippen molar-refractivity contribution in [3.05, 3.63) is 45.8 Å². The smallest absolute Gasteiger partial charge is 0.320 e. The second-order valence-corrected chi connectivity index (χ2v) is 7.62. The molecule has 0 radical (unpaired) electrons. The molecular formula is C18H21N3O2S. The number of urea groups is 1. The molecule has 126 valence electrons. The van der Waals surface area contributed by atoms with Gasteiger partial charge in [0.05, 0.1) is 13.2 Å². The molecule has 2 aromatic rings. The van der Waals surface area contributed by atoms with Crippen molar-refractivity contribution in [3.63, 3.8) is 0 Å². The fourth-order valence-electron chi connectivity index (χ4n) is 3.14. The summed E-state index contributed by atoms with van der Waals surface area (Å²) in [4.78, 5) is 18.1. The van der Waals surface area contributed by atoms with Crippen molar-refractivity contribution in [3.8, 4) is 0 Å². The van der Waals surface area contributed by atoms with Crippen LogP contribution >= 0.6 is 11.3 Å². The Bertz CT molecular complexity index is 756. The Kier molecular flexibility index (Phi) is 4.02. The molecule has 2 aromatic heterocycles. The van der Waals surface area contributed by atoms with Gasteiger partial charge in [-0.05, 0) is 48.9 Å². The zero-order chi connectivity index (χ0) is 16.6. The van der Waals surface area contributed by atoms with Crippen LogP contribution in [0.1, 0.15) is 41.8 Å². The van der Waals surface area contributed by atoms with Crippen LogP contribution in [0.15, 0.2) is 29.6 Å². The molecule has 4 rings (SSSR count). The SMILES string of the molecule is C[C@@]1(CNC(=O)Nc2cccc(C3CC3)n2)OCCc2sccc21. The van der Waals surface area contributed by atoms with Gasteiger partial charge in [-0.3, -0.25) is 5.32 Å². The minimum absolute atomic E-state index is 0.248. The van der Waals surface area contributed by atoms with Crippen LogP contribution in [0.5, 0.6) is 0 Å². The molecule has 24 heavy (non-hydrogen) atoms. The van der Waals surface area contributed by atoms with E-state index in [1.165, 1.54) is 23.3 Å². The van der Waals surface area contributed by atoms with Crippen LogP contribution in [0.4, 0.5) is 10.6 Å². The molecule has 0 spiro atoms. The number of rotatable bonds is 4. The summed E-state index contributed by atoms with van der Waals surface area (Å²) >= 11 is 1.76. The van der Waals surface area contributed by atoms with Gasteiger partial charge in [0, 0.05) is 22.9 Å². The lowest BCUT2D eigenvalue weighted by Crippen LogP contribution is -2.44. The Morgan fingerprint density at radius 2 is 2.29 bits per heavy atom. The van der Waals surface area contributed by atoms with Gasteiger partial charge in [0.15, 0.2) is 0 Å². The average molecular weight is 343 g/mol. The summed E-state index contributed by atoms with van der Waals surface area (Å²) in [5, 5.41) is 7.84. The molecule has 6 heteroatoms. The molecule has 3 heterocycles. The van der Waals surface area contributed by atoms with E-state index in [1.807, 2.05) is 25.1 Å². The van der Waals surface area contributed by atoms with Gasteiger partial charge in [-0.15, -0.1) is 11.3 Å². The number of pyridine rings is 1. The summed E-state index contributed by atoms with van der Waals surface area (Å²) in [5.74, 6) is 1.17. The van der Waals surface area contributed by atoms with Crippen LogP contribution in [0.2, 0.25) is 0 Å². The number of aromatic nitrogens is 1. The first kappa shape index (κ1) is 15.6. The summed E-state index contributed by atoms with van der Waals surface area (Å²) in [6.07, 6.45) is 3.34. The third kappa shape index (κ3) is 3.16. The summed E-state index contributed by atoms with van der Waals surface area (Å²) in [7, 11) is 0. The normalized spacial score (nSPS) is 22.7. The minimum atomic E-state index is -0.464. The van der Waals surface area contributed by atoms with E-state index in [1.54, 1.807) is 11.3 Å². The quantitative estimate of drug-likeness (QED) is 0.891. The number of anilines is 1. The zero-order valence-corrected chi connectivity index (χ0v) is 14.5. The van der Waals surface area contributed by atoms with Crippen molar-refractivity contribution < 1.29 is 9.53 Å². The Labute approximate surface area is 145 Å². The number of ether oxygens (including phenoxy) is 1. The van der Waals surface area contributed by atoms with E-state index < -0.39 is 5.60 Å². The lowest BCUT2D eigenvalue weighted by molar-refractivity contribution is -0.0416. The molecular weight excluding hydrogens is 322 g/mol. The molecule has 1 aliphatic carbocycles. The van der Waals surface area contributed by atoms with E-state index in [-0.39, 0.29) is 6.03 Å². The highest BCUT2D eigenvalue weighted by atomic mass is 32.1. The first-order chi connectivity index (χ1) is 11.6. The molecule has 5 nitrogen and oxygen atoms in total. The molecule has 0 bridgehead atoms. The van der Waals surface area contributed by atoms with Gasteiger partial charge in [0.2, 0.25) is 0 Å². The maximum atomic E-state index is 12.2. The Morgan fingerprint density at radius 1 is 1.42 bits per heavy atom. The predicted octanol–water partition coefficient (Wildman–Crippen LogP) is 3.63. The van der Waals surface area contributed by atoms with Crippen LogP contribution in [-0.2, 0) is 16.8 Å². The fraction of sp³-hybridized carbons (Fsp3) is 0.444. The number of nitrogens with zero attached hydrogens (tertiary/aromatic N) is 1. The number of hydrogen-bond acceptors (Lipinski definition) is 4. The predicted molar refractivity (Wildman–Crippen MR) is 94.6 cm³/mol. The highest BCUT2D eigenvalue weighted by Gasteiger charge is 2.34. The molecule has 2 aliphatic rings. The largest absolute Gasteiger partial charge is 0.368 e. The number of nitrogens with one attached hydrogen (secondary N) is 2. The van der Waals surface area contributed by atoms with Crippen LogP contribution in [0, 0.1) is 0 Å². The van der Waals surface area contributed by atoms with E-state index in [0.29, 0.717) is 24.9 Å². The van der Waals surface area contributed by atoms with E-state index in [0.717, 1.165) is 12.1 Å². The highest BCUT2D eigenvalue weighted by Crippen LogP contribution is 2.39. The maximum Gasteiger partial charge on any atom is 0.320 e. The lowest BCUT2D eigenvalue weighted by Gasteiger charge is -2.34. The summed E-state index contributed by atoms with van der Waals surface area (Å²) in [6, 6.07) is 7.64. The number of carbonyl (C=O) groups excluding carboxylic acids is 1. The van der Waals surface area contributed by atoms with Crippen LogP contribution in [-0.4, -0.2) is 24.2 Å². The highest BCUT2D eigenvalue weighted by molar-refractivity contribution is 7.10. The summed E-state index contributed by atoms with van der Waals surface area (Å²) in [6.45, 7) is 3.16. The Balaban J connectivity index is 1.38. The minimum Gasteiger partial charge on any atom is -0.368 e. The van der Waals surface area contributed by atoms with Gasteiger partial charge in [0.25, 0.3) is 0 Å². The standard InChI is InChI=1S/C18H21N3O2S/c1-18(13-8-10-24-15(13)7-9-23-18)11-19-17(22)21-16-4-2-3-14(20-16)12-5-6-12/h2-4,8,10,12H,5-7,9,11H2,1H3,(H2,19,20,21,22)/t18-/m0/s1. The topological polar surface area (TPSA) is 63.2 Å². The van der Waals surface area contributed by atoms with E-state index in [2.05, 4.69) is 27.1 Å². The van der Waals surface area contributed by atoms with E-state index in [4.69, 9.17) is 4.74 Å². The fourth-order valence-corrected chi connectivity index (χ4v) is 4.12. The molecule has 2 N–H and O–H groups in total. The molecule has 2 amide bonds. The maximum absolute atomic E-state index is 12.2. The molecule has 0 unspecified atom stereocenters. The molecule has 0 aromatic carbocycles. The summed E-state index contributed by atoms with van der Waals surface area (Å²) in [5.41, 5.74) is 1.79. The molecule has 0 saturated heterocycles. The molecule has 1 aliphatic heterocycles. The van der Waals surface area contributed by atoms with Gasteiger partial charge in [-0.1, -0.05) is 6.07 Å².